The molecule has 0 spiro atoms. The van der Waals surface area contributed by atoms with E-state index < -0.39 is 0 Å². The van der Waals surface area contributed by atoms with Gasteiger partial charge in [-0.2, -0.15) is 0 Å². The van der Waals surface area contributed by atoms with Crippen molar-refractivity contribution in [2.24, 2.45) is 5.41 Å². The van der Waals surface area contributed by atoms with Gasteiger partial charge in [-0.1, -0.05) is 25.4 Å². The second kappa shape index (κ2) is 6.98. The Morgan fingerprint density at radius 3 is 2.67 bits per heavy atom. The van der Waals surface area contributed by atoms with Crippen molar-refractivity contribution in [3.05, 3.63) is 35.5 Å². The van der Waals surface area contributed by atoms with E-state index in [4.69, 9.17) is 16.3 Å². The summed E-state index contributed by atoms with van der Waals surface area (Å²) in [5.41, 5.74) is 2.14. The van der Waals surface area contributed by atoms with Gasteiger partial charge >= 0.3 is 0 Å². The molecule has 1 fully saturated rings. The lowest BCUT2D eigenvalue weighted by Gasteiger charge is -2.34. The summed E-state index contributed by atoms with van der Waals surface area (Å²) in [4.78, 5) is 9.04. The van der Waals surface area contributed by atoms with Crippen LogP contribution in [0.3, 0.4) is 0 Å². The zero-order valence-electron chi connectivity index (χ0n) is 14.5. The summed E-state index contributed by atoms with van der Waals surface area (Å²) in [6, 6.07) is 7.86. The first-order valence-electron chi connectivity index (χ1n) is 8.40. The highest BCUT2D eigenvalue weighted by atomic mass is 35.5. The van der Waals surface area contributed by atoms with Crippen molar-refractivity contribution in [2.75, 3.05) is 12.4 Å². The third kappa shape index (κ3) is 3.99. The van der Waals surface area contributed by atoms with Gasteiger partial charge < -0.3 is 10.1 Å². The molecule has 3 rings (SSSR count). The fourth-order valence-electron chi connectivity index (χ4n) is 3.18. The lowest BCUT2D eigenvalue weighted by molar-refractivity contribution is 0.232. The summed E-state index contributed by atoms with van der Waals surface area (Å²) in [5.74, 6) is 1.42. The van der Waals surface area contributed by atoms with Crippen LogP contribution in [0.15, 0.2) is 30.5 Å². The van der Waals surface area contributed by atoms with E-state index in [0.29, 0.717) is 22.4 Å². The van der Waals surface area contributed by atoms with Crippen LogP contribution >= 0.6 is 11.6 Å². The molecule has 0 radical (unpaired) electrons. The van der Waals surface area contributed by atoms with Gasteiger partial charge in [0, 0.05) is 22.8 Å². The number of ether oxygens (including phenoxy) is 1. The van der Waals surface area contributed by atoms with Gasteiger partial charge in [0.15, 0.2) is 0 Å². The number of anilines is 1. The molecule has 128 valence electrons. The average molecular weight is 346 g/mol. The molecule has 1 aromatic carbocycles. The molecule has 1 aliphatic rings. The van der Waals surface area contributed by atoms with E-state index in [2.05, 4.69) is 29.1 Å². The molecular formula is C19H24ClN3O. The van der Waals surface area contributed by atoms with Crippen molar-refractivity contribution < 1.29 is 4.74 Å². The Labute approximate surface area is 148 Å². The number of nitrogens with zero attached hydrogens (tertiary/aromatic N) is 2. The van der Waals surface area contributed by atoms with Gasteiger partial charge in [0.1, 0.15) is 5.75 Å². The molecule has 1 saturated carbocycles. The number of halogens is 1. The number of hydrogen-bond donors (Lipinski definition) is 1. The topological polar surface area (TPSA) is 47.0 Å². The van der Waals surface area contributed by atoms with Crippen LogP contribution < -0.4 is 10.1 Å². The molecule has 0 amide bonds. The van der Waals surface area contributed by atoms with Crippen molar-refractivity contribution in [3.8, 4) is 17.0 Å². The Morgan fingerprint density at radius 2 is 1.96 bits per heavy atom. The number of rotatable bonds is 4. The summed E-state index contributed by atoms with van der Waals surface area (Å²) in [6.07, 6.45) is 6.54. The molecule has 1 heterocycles. The molecule has 0 bridgehead atoms. The number of aromatic nitrogens is 2. The highest BCUT2D eigenvalue weighted by molar-refractivity contribution is 6.30. The van der Waals surface area contributed by atoms with Crippen LogP contribution in [0.2, 0.25) is 5.02 Å². The van der Waals surface area contributed by atoms with Crippen LogP contribution in [0.5, 0.6) is 5.75 Å². The van der Waals surface area contributed by atoms with Gasteiger partial charge in [-0.15, -0.1) is 0 Å². The molecule has 4 nitrogen and oxygen atoms in total. The van der Waals surface area contributed by atoms with Crippen LogP contribution in [-0.2, 0) is 0 Å². The Morgan fingerprint density at radius 1 is 1.21 bits per heavy atom. The highest BCUT2D eigenvalue weighted by Crippen LogP contribution is 2.36. The maximum Gasteiger partial charge on any atom is 0.223 e. The van der Waals surface area contributed by atoms with E-state index >= 15 is 0 Å². The molecule has 1 aliphatic carbocycles. The van der Waals surface area contributed by atoms with E-state index in [1.54, 1.807) is 13.3 Å². The Balaban J connectivity index is 1.79. The summed E-state index contributed by atoms with van der Waals surface area (Å²) in [6.45, 7) is 4.68. The first kappa shape index (κ1) is 17.0. The molecule has 24 heavy (non-hydrogen) atoms. The Kier molecular flexibility index (Phi) is 4.95. The molecule has 0 aliphatic heterocycles. The third-order valence-electron chi connectivity index (χ3n) is 4.77. The molecule has 0 unspecified atom stereocenters. The van der Waals surface area contributed by atoms with Gasteiger partial charge in [0.2, 0.25) is 5.95 Å². The van der Waals surface area contributed by atoms with Crippen molar-refractivity contribution in [3.63, 3.8) is 0 Å². The Hall–Kier alpha value is -1.81. The summed E-state index contributed by atoms with van der Waals surface area (Å²) < 4.78 is 5.43. The van der Waals surface area contributed by atoms with Gasteiger partial charge in [-0.25, -0.2) is 9.97 Å². The summed E-state index contributed by atoms with van der Waals surface area (Å²) in [5, 5.41) is 4.15. The monoisotopic (exact) mass is 345 g/mol. The maximum atomic E-state index is 6.13. The zero-order chi connectivity index (χ0) is 17.2. The minimum atomic E-state index is 0.439. The zero-order valence-corrected chi connectivity index (χ0v) is 15.2. The minimum absolute atomic E-state index is 0.439. The fourth-order valence-corrected chi connectivity index (χ4v) is 3.36. The standard InChI is InChI=1S/C19H24ClN3O/c1-19(2)9-6-14(7-10-19)22-18-21-11-8-16(23-18)15-12-13(20)4-5-17(15)24-3/h4-5,8,11-12,14H,6-7,9-10H2,1-3H3,(H,21,22,23). The minimum Gasteiger partial charge on any atom is -0.496 e. The van der Waals surface area contributed by atoms with E-state index in [1.165, 1.54) is 12.8 Å². The molecular weight excluding hydrogens is 322 g/mol. The molecule has 5 heteroatoms. The van der Waals surface area contributed by atoms with Crippen LogP contribution in [-0.4, -0.2) is 23.1 Å². The largest absolute Gasteiger partial charge is 0.496 e. The number of methoxy groups -OCH3 is 1. The molecule has 0 atom stereocenters. The van der Waals surface area contributed by atoms with Crippen LogP contribution in [0.1, 0.15) is 39.5 Å². The van der Waals surface area contributed by atoms with Gasteiger partial charge in [-0.3, -0.25) is 0 Å². The second-order valence-electron chi connectivity index (χ2n) is 7.19. The molecule has 1 N–H and O–H groups in total. The van der Waals surface area contributed by atoms with Crippen molar-refractivity contribution in [1.82, 2.24) is 9.97 Å². The second-order valence-corrected chi connectivity index (χ2v) is 7.63. The van der Waals surface area contributed by atoms with E-state index in [-0.39, 0.29) is 0 Å². The SMILES string of the molecule is COc1ccc(Cl)cc1-c1ccnc(NC2CCC(C)(C)CC2)n1. The lowest BCUT2D eigenvalue weighted by Crippen LogP contribution is -2.30. The number of benzene rings is 1. The van der Waals surface area contributed by atoms with Crippen LogP contribution in [0, 0.1) is 5.41 Å². The van der Waals surface area contributed by atoms with Crippen molar-refractivity contribution >= 4 is 17.5 Å². The Bertz CT molecular complexity index is 708. The number of nitrogens with one attached hydrogen (secondary N) is 1. The first-order chi connectivity index (χ1) is 11.5. The van der Waals surface area contributed by atoms with Crippen LogP contribution in [0.4, 0.5) is 5.95 Å². The van der Waals surface area contributed by atoms with E-state index in [0.717, 1.165) is 29.8 Å². The van der Waals surface area contributed by atoms with Crippen molar-refractivity contribution in [1.29, 1.82) is 0 Å². The van der Waals surface area contributed by atoms with E-state index in [1.807, 2.05) is 24.3 Å². The summed E-state index contributed by atoms with van der Waals surface area (Å²) in [7, 11) is 1.65. The smallest absolute Gasteiger partial charge is 0.223 e. The average Bonchev–Trinajstić information content (AvgIpc) is 2.57. The third-order valence-corrected chi connectivity index (χ3v) is 5.00. The fraction of sp³-hybridized carbons (Fsp3) is 0.474. The molecule has 1 aromatic heterocycles. The van der Waals surface area contributed by atoms with Gasteiger partial charge in [0.25, 0.3) is 0 Å². The first-order valence-corrected chi connectivity index (χ1v) is 8.78. The molecule has 2 aromatic rings. The predicted octanol–water partition coefficient (Wildman–Crippen LogP) is 5.19. The normalized spacial score (nSPS) is 17.5. The van der Waals surface area contributed by atoms with Crippen molar-refractivity contribution in [2.45, 2.75) is 45.6 Å². The number of hydrogen-bond acceptors (Lipinski definition) is 4. The predicted molar refractivity (Wildman–Crippen MR) is 98.7 cm³/mol. The van der Waals surface area contributed by atoms with Gasteiger partial charge in [-0.05, 0) is 55.4 Å². The summed E-state index contributed by atoms with van der Waals surface area (Å²) >= 11 is 6.13. The molecule has 0 saturated heterocycles. The van der Waals surface area contributed by atoms with Gasteiger partial charge in [0.05, 0.1) is 12.8 Å². The van der Waals surface area contributed by atoms with E-state index in [9.17, 15) is 0 Å². The van der Waals surface area contributed by atoms with Crippen LogP contribution in [0.25, 0.3) is 11.3 Å². The maximum absolute atomic E-state index is 6.13. The quantitative estimate of drug-likeness (QED) is 0.828. The lowest BCUT2D eigenvalue weighted by atomic mass is 9.76. The highest BCUT2D eigenvalue weighted by Gasteiger charge is 2.27.